The fraction of sp³-hybridized carbons (Fsp3) is 0.619. The van der Waals surface area contributed by atoms with Crippen LogP contribution >= 0.6 is 0 Å². The average molecular weight is 390 g/mol. The molecular formula is C21H30N2O5. The molecule has 2 heterocycles. The van der Waals surface area contributed by atoms with Crippen LogP contribution in [0.2, 0.25) is 0 Å². The first kappa shape index (κ1) is 20.6. The minimum absolute atomic E-state index is 0.0517. The maximum atomic E-state index is 13.1. The summed E-state index contributed by atoms with van der Waals surface area (Å²) in [5.41, 5.74) is 0.499. The lowest BCUT2D eigenvalue weighted by molar-refractivity contribution is -0.142. The van der Waals surface area contributed by atoms with Crippen LogP contribution in [0.1, 0.15) is 45.1 Å². The van der Waals surface area contributed by atoms with E-state index in [4.69, 9.17) is 14.3 Å². The number of amides is 1. The molecule has 1 aromatic carbocycles. The molecule has 2 aliphatic heterocycles. The highest BCUT2D eigenvalue weighted by Gasteiger charge is 2.45. The van der Waals surface area contributed by atoms with Crippen LogP contribution in [0.25, 0.3) is 0 Å². The molecular weight excluding hydrogens is 360 g/mol. The van der Waals surface area contributed by atoms with Gasteiger partial charge in [-0.1, -0.05) is 17.3 Å². The fourth-order valence-corrected chi connectivity index (χ4v) is 3.78. The van der Waals surface area contributed by atoms with Crippen molar-refractivity contribution in [3.63, 3.8) is 0 Å². The number of aliphatic hydroxyl groups is 1. The molecule has 7 nitrogen and oxygen atoms in total. The first-order valence-electron chi connectivity index (χ1n) is 9.76. The van der Waals surface area contributed by atoms with Gasteiger partial charge in [0.05, 0.1) is 30.4 Å². The number of nitrogens with one attached hydrogen (secondary N) is 1. The monoisotopic (exact) mass is 390 g/mol. The van der Waals surface area contributed by atoms with Crippen LogP contribution in [0.5, 0.6) is 5.75 Å². The Morgan fingerprint density at radius 2 is 2.07 bits per heavy atom. The second-order valence-corrected chi connectivity index (χ2v) is 8.26. The maximum absolute atomic E-state index is 13.1. The molecule has 7 heteroatoms. The van der Waals surface area contributed by atoms with Gasteiger partial charge < -0.3 is 24.7 Å². The number of ether oxygens (including phenoxy) is 2. The van der Waals surface area contributed by atoms with E-state index >= 15 is 0 Å². The summed E-state index contributed by atoms with van der Waals surface area (Å²) in [6, 6.07) is 7.72. The van der Waals surface area contributed by atoms with E-state index in [-0.39, 0.29) is 18.6 Å². The summed E-state index contributed by atoms with van der Waals surface area (Å²) in [5.74, 6) is 0.706. The van der Waals surface area contributed by atoms with Gasteiger partial charge in [-0.2, -0.15) is 0 Å². The van der Waals surface area contributed by atoms with Gasteiger partial charge in [0.2, 0.25) is 5.91 Å². The summed E-state index contributed by atoms with van der Waals surface area (Å²) in [6.45, 7) is 4.59. The highest BCUT2D eigenvalue weighted by atomic mass is 16.6. The van der Waals surface area contributed by atoms with Crippen LogP contribution in [0.3, 0.4) is 0 Å². The van der Waals surface area contributed by atoms with Crippen molar-refractivity contribution in [2.24, 2.45) is 10.6 Å². The molecule has 0 saturated carbocycles. The second kappa shape index (κ2) is 8.49. The molecule has 0 spiro atoms. The zero-order valence-corrected chi connectivity index (χ0v) is 16.9. The number of nitrogens with zero attached hydrogens (tertiary/aromatic N) is 1. The van der Waals surface area contributed by atoms with Crippen molar-refractivity contribution in [3.05, 3.63) is 29.8 Å². The molecule has 2 N–H and O–H groups in total. The minimum Gasteiger partial charge on any atom is -0.496 e. The van der Waals surface area contributed by atoms with E-state index < -0.39 is 11.0 Å². The van der Waals surface area contributed by atoms with E-state index in [0.717, 1.165) is 17.0 Å². The van der Waals surface area contributed by atoms with E-state index in [9.17, 15) is 9.90 Å². The number of benzene rings is 1. The van der Waals surface area contributed by atoms with Gasteiger partial charge in [-0.05, 0) is 38.8 Å². The first-order chi connectivity index (χ1) is 13.4. The molecule has 1 saturated heterocycles. The van der Waals surface area contributed by atoms with Crippen molar-refractivity contribution in [1.29, 1.82) is 0 Å². The van der Waals surface area contributed by atoms with Crippen molar-refractivity contribution in [2.45, 2.75) is 51.2 Å². The van der Waals surface area contributed by atoms with Crippen LogP contribution < -0.4 is 10.1 Å². The molecule has 1 fully saturated rings. The predicted molar refractivity (Wildman–Crippen MR) is 105 cm³/mol. The molecule has 1 aromatic rings. The highest BCUT2D eigenvalue weighted by molar-refractivity contribution is 6.03. The van der Waals surface area contributed by atoms with E-state index in [0.29, 0.717) is 38.9 Å². The number of carbonyl (C=O) groups excluding carboxylic acids is 1. The number of hydrogen-bond donors (Lipinski definition) is 2. The van der Waals surface area contributed by atoms with Crippen LogP contribution in [-0.2, 0) is 14.4 Å². The third-order valence-electron chi connectivity index (χ3n) is 5.55. The number of rotatable bonds is 7. The predicted octanol–water partition coefficient (Wildman–Crippen LogP) is 2.26. The van der Waals surface area contributed by atoms with Crippen LogP contribution in [0.15, 0.2) is 29.4 Å². The van der Waals surface area contributed by atoms with Gasteiger partial charge in [0.1, 0.15) is 11.9 Å². The summed E-state index contributed by atoms with van der Waals surface area (Å²) in [7, 11) is 1.64. The quantitative estimate of drug-likeness (QED) is 0.745. The molecule has 28 heavy (non-hydrogen) atoms. The van der Waals surface area contributed by atoms with Gasteiger partial charge in [0.25, 0.3) is 0 Å². The Balaban J connectivity index is 1.72. The molecule has 1 amide bonds. The van der Waals surface area contributed by atoms with Crippen LogP contribution in [0.4, 0.5) is 0 Å². The average Bonchev–Trinajstić information content (AvgIpc) is 3.16. The minimum atomic E-state index is -0.669. The van der Waals surface area contributed by atoms with Crippen LogP contribution in [-0.4, -0.2) is 55.3 Å². The third-order valence-corrected chi connectivity index (χ3v) is 5.55. The number of oxime groups is 1. The molecule has 1 unspecified atom stereocenters. The van der Waals surface area contributed by atoms with Gasteiger partial charge in [-0.25, -0.2) is 0 Å². The summed E-state index contributed by atoms with van der Waals surface area (Å²) in [4.78, 5) is 18.9. The van der Waals surface area contributed by atoms with E-state index in [1.54, 1.807) is 7.11 Å². The number of carbonyl (C=O) groups is 1. The molecule has 1 atom stereocenters. The smallest absolute Gasteiger partial charge is 0.227 e. The zero-order chi connectivity index (χ0) is 20.2. The van der Waals surface area contributed by atoms with Crippen molar-refractivity contribution in [3.8, 4) is 5.75 Å². The Morgan fingerprint density at radius 3 is 2.75 bits per heavy atom. The Morgan fingerprint density at radius 1 is 1.36 bits per heavy atom. The Hall–Kier alpha value is -2.12. The van der Waals surface area contributed by atoms with E-state index in [2.05, 4.69) is 10.5 Å². The van der Waals surface area contributed by atoms with Gasteiger partial charge in [-0.3, -0.25) is 4.79 Å². The Kier molecular flexibility index (Phi) is 6.25. The van der Waals surface area contributed by atoms with Gasteiger partial charge in [-0.15, -0.1) is 0 Å². The molecule has 0 radical (unpaired) electrons. The summed E-state index contributed by atoms with van der Waals surface area (Å²) >= 11 is 0. The zero-order valence-electron chi connectivity index (χ0n) is 16.9. The molecule has 2 aliphatic rings. The van der Waals surface area contributed by atoms with Gasteiger partial charge in [0.15, 0.2) is 0 Å². The standard InChI is InChI=1S/C21H30N2O5/c1-20(2,14-24)22-19(25)21(8-10-27-11-9-21)13-15-12-17(23-28-15)16-6-4-5-7-18(16)26-3/h4-7,15,24H,8-14H2,1-3H3,(H,22,25). The van der Waals surface area contributed by atoms with E-state index in [1.807, 2.05) is 38.1 Å². The van der Waals surface area contributed by atoms with E-state index in [1.165, 1.54) is 0 Å². The summed E-state index contributed by atoms with van der Waals surface area (Å²) < 4.78 is 10.9. The lowest BCUT2D eigenvalue weighted by Crippen LogP contribution is -2.54. The van der Waals surface area contributed by atoms with Crippen molar-refractivity contribution in [2.75, 3.05) is 26.9 Å². The fourth-order valence-electron chi connectivity index (χ4n) is 3.78. The number of methoxy groups -OCH3 is 1. The lowest BCUT2D eigenvalue weighted by atomic mass is 9.73. The second-order valence-electron chi connectivity index (χ2n) is 8.26. The summed E-state index contributed by atoms with van der Waals surface area (Å²) in [5, 5.41) is 16.8. The molecule has 0 aromatic heterocycles. The lowest BCUT2D eigenvalue weighted by Gasteiger charge is -2.39. The van der Waals surface area contributed by atoms with Gasteiger partial charge in [0, 0.05) is 31.6 Å². The Bertz CT molecular complexity index is 725. The van der Waals surface area contributed by atoms with Crippen molar-refractivity contribution < 1.29 is 24.2 Å². The van der Waals surface area contributed by atoms with Crippen LogP contribution in [0, 0.1) is 5.41 Å². The normalized spacial score (nSPS) is 21.6. The largest absolute Gasteiger partial charge is 0.496 e. The number of para-hydroxylation sites is 1. The van der Waals surface area contributed by atoms with Crippen molar-refractivity contribution >= 4 is 11.6 Å². The molecule has 154 valence electrons. The maximum Gasteiger partial charge on any atom is 0.227 e. The van der Waals surface area contributed by atoms with Crippen molar-refractivity contribution in [1.82, 2.24) is 5.32 Å². The SMILES string of the molecule is COc1ccccc1C1=NOC(CC2(C(=O)NC(C)(C)CO)CCOCC2)C1. The summed E-state index contributed by atoms with van der Waals surface area (Å²) in [6.07, 6.45) is 2.26. The molecule has 3 rings (SSSR count). The first-order valence-corrected chi connectivity index (χ1v) is 9.76. The number of hydrogen-bond acceptors (Lipinski definition) is 6. The molecule has 0 aliphatic carbocycles. The third kappa shape index (κ3) is 4.47. The van der Waals surface area contributed by atoms with Gasteiger partial charge >= 0.3 is 0 Å². The Labute approximate surface area is 166 Å². The number of aliphatic hydroxyl groups excluding tert-OH is 1. The highest BCUT2D eigenvalue weighted by Crippen LogP contribution is 2.39. The topological polar surface area (TPSA) is 89.4 Å². The molecule has 0 bridgehead atoms.